The number of hydrogen-bond acceptors (Lipinski definition) is 5. The summed E-state index contributed by atoms with van der Waals surface area (Å²) in [5, 5.41) is 0. The highest BCUT2D eigenvalue weighted by Gasteiger charge is 2.33. The topological polar surface area (TPSA) is 87.6 Å². The van der Waals surface area contributed by atoms with Crippen molar-refractivity contribution in [1.29, 1.82) is 0 Å². The molecule has 0 saturated heterocycles. The lowest BCUT2D eigenvalue weighted by molar-refractivity contribution is -0.139. The molecule has 2 rings (SSSR count). The van der Waals surface area contributed by atoms with Crippen LogP contribution >= 0.6 is 0 Å². The molecule has 0 amide bonds. The predicted molar refractivity (Wildman–Crippen MR) is 95.2 cm³/mol. The Kier molecular flexibility index (Phi) is 5.47. The van der Waals surface area contributed by atoms with Crippen molar-refractivity contribution < 1.29 is 14.3 Å². The highest BCUT2D eigenvalue weighted by molar-refractivity contribution is 5.82. The number of hydrogen-bond donors (Lipinski definition) is 2. The highest BCUT2D eigenvalue weighted by Crippen LogP contribution is 2.37. The van der Waals surface area contributed by atoms with Gasteiger partial charge in [-0.1, -0.05) is 13.2 Å². The van der Waals surface area contributed by atoms with Gasteiger partial charge in [0.25, 0.3) is 0 Å². The Hall–Kier alpha value is -2.11. The Morgan fingerprint density at radius 3 is 2.42 bits per heavy atom. The molecule has 0 radical (unpaired) electrons. The van der Waals surface area contributed by atoms with E-state index in [4.69, 9.17) is 20.9 Å². The van der Waals surface area contributed by atoms with Crippen LogP contribution in [0.3, 0.4) is 0 Å². The van der Waals surface area contributed by atoms with E-state index in [1.807, 2.05) is 6.08 Å². The standard InChI is InChI=1S/C19H26N2O3/c1-4-19(11-5-6-12-19)24-14(2)15-7-9-16(10-8-15)23-17(22)18(3,21)13-20/h4,7-10H,1-2,5-6,11-13,20-21H2,3H3. The lowest BCUT2D eigenvalue weighted by Gasteiger charge is -2.28. The molecule has 0 spiro atoms. The molecule has 0 heterocycles. The van der Waals surface area contributed by atoms with Crippen LogP contribution in [0.1, 0.15) is 38.2 Å². The number of benzene rings is 1. The summed E-state index contributed by atoms with van der Waals surface area (Å²) in [6.07, 6.45) is 6.05. The zero-order valence-corrected chi connectivity index (χ0v) is 14.2. The molecule has 1 aromatic carbocycles. The number of carbonyl (C=O) groups excluding carboxylic acids is 1. The van der Waals surface area contributed by atoms with Gasteiger partial charge in [-0.2, -0.15) is 0 Å². The van der Waals surface area contributed by atoms with E-state index in [0.29, 0.717) is 11.5 Å². The Morgan fingerprint density at radius 1 is 1.33 bits per heavy atom. The number of esters is 1. The molecule has 1 saturated carbocycles. The average molecular weight is 330 g/mol. The van der Waals surface area contributed by atoms with Gasteiger partial charge >= 0.3 is 5.97 Å². The van der Waals surface area contributed by atoms with Crippen LogP contribution in [-0.2, 0) is 9.53 Å². The summed E-state index contributed by atoms with van der Waals surface area (Å²) in [7, 11) is 0. The third kappa shape index (κ3) is 4.04. The summed E-state index contributed by atoms with van der Waals surface area (Å²) in [4.78, 5) is 11.9. The molecule has 1 unspecified atom stereocenters. The SMILES string of the molecule is C=CC1(OC(=C)c2ccc(OC(=O)C(C)(N)CN)cc2)CCCC1. The molecule has 24 heavy (non-hydrogen) atoms. The third-order valence-corrected chi connectivity index (χ3v) is 4.43. The Balaban J connectivity index is 2.02. The van der Waals surface area contributed by atoms with Crippen molar-refractivity contribution in [3.8, 4) is 5.75 Å². The van der Waals surface area contributed by atoms with E-state index >= 15 is 0 Å². The highest BCUT2D eigenvalue weighted by atomic mass is 16.5. The van der Waals surface area contributed by atoms with Crippen LogP contribution in [-0.4, -0.2) is 23.7 Å². The van der Waals surface area contributed by atoms with Crippen molar-refractivity contribution in [3.05, 3.63) is 49.1 Å². The van der Waals surface area contributed by atoms with Crippen LogP contribution in [0.25, 0.3) is 5.76 Å². The number of ether oxygens (including phenoxy) is 2. The van der Waals surface area contributed by atoms with Crippen molar-refractivity contribution >= 4 is 11.7 Å². The first kappa shape index (κ1) is 18.2. The summed E-state index contributed by atoms with van der Waals surface area (Å²) in [5.74, 6) is 0.422. The predicted octanol–water partition coefficient (Wildman–Crippen LogP) is 2.75. The van der Waals surface area contributed by atoms with Gasteiger partial charge < -0.3 is 20.9 Å². The maximum Gasteiger partial charge on any atom is 0.332 e. The second-order valence-electron chi connectivity index (χ2n) is 6.54. The minimum Gasteiger partial charge on any atom is -0.483 e. The van der Waals surface area contributed by atoms with Crippen LogP contribution in [0, 0.1) is 0 Å². The van der Waals surface area contributed by atoms with Gasteiger partial charge in [0.15, 0.2) is 0 Å². The van der Waals surface area contributed by atoms with Gasteiger partial charge in [-0.05, 0) is 62.9 Å². The third-order valence-electron chi connectivity index (χ3n) is 4.43. The maximum atomic E-state index is 11.9. The van der Waals surface area contributed by atoms with Crippen LogP contribution in [0.5, 0.6) is 5.75 Å². The van der Waals surface area contributed by atoms with E-state index in [-0.39, 0.29) is 12.1 Å². The second-order valence-corrected chi connectivity index (χ2v) is 6.54. The van der Waals surface area contributed by atoms with E-state index < -0.39 is 11.5 Å². The van der Waals surface area contributed by atoms with Crippen molar-refractivity contribution in [2.24, 2.45) is 11.5 Å². The van der Waals surface area contributed by atoms with Gasteiger partial charge in [-0.25, -0.2) is 4.79 Å². The molecule has 0 bridgehead atoms. The average Bonchev–Trinajstić information content (AvgIpc) is 3.04. The quantitative estimate of drug-likeness (QED) is 0.347. The fraction of sp³-hybridized carbons (Fsp3) is 0.421. The Labute approximate surface area is 143 Å². The van der Waals surface area contributed by atoms with Crippen LogP contribution in [0.15, 0.2) is 43.5 Å². The largest absolute Gasteiger partial charge is 0.483 e. The summed E-state index contributed by atoms with van der Waals surface area (Å²) < 4.78 is 11.3. The molecule has 4 N–H and O–H groups in total. The van der Waals surface area contributed by atoms with Crippen LogP contribution in [0.4, 0.5) is 0 Å². The first-order chi connectivity index (χ1) is 11.3. The Bertz CT molecular complexity index is 614. The van der Waals surface area contributed by atoms with Gasteiger partial charge in [0, 0.05) is 12.1 Å². The molecular weight excluding hydrogens is 304 g/mol. The van der Waals surface area contributed by atoms with E-state index in [9.17, 15) is 4.79 Å². The van der Waals surface area contributed by atoms with E-state index in [2.05, 4.69) is 13.2 Å². The summed E-state index contributed by atoms with van der Waals surface area (Å²) in [6, 6.07) is 6.97. The van der Waals surface area contributed by atoms with Crippen molar-refractivity contribution in [2.75, 3.05) is 6.54 Å². The Morgan fingerprint density at radius 2 is 1.92 bits per heavy atom. The van der Waals surface area contributed by atoms with E-state index in [1.165, 1.54) is 6.92 Å². The molecule has 130 valence electrons. The minimum absolute atomic E-state index is 0.0121. The molecule has 0 aliphatic heterocycles. The number of carbonyl (C=O) groups is 1. The van der Waals surface area contributed by atoms with Gasteiger partial charge in [0.05, 0.1) is 0 Å². The van der Waals surface area contributed by atoms with Crippen LogP contribution in [0.2, 0.25) is 0 Å². The summed E-state index contributed by atoms with van der Waals surface area (Å²) in [6.45, 7) is 9.45. The van der Waals surface area contributed by atoms with Crippen LogP contribution < -0.4 is 16.2 Å². The normalized spacial score (nSPS) is 18.5. The zero-order chi connectivity index (χ0) is 17.8. The lowest BCUT2D eigenvalue weighted by atomic mass is 10.0. The summed E-state index contributed by atoms with van der Waals surface area (Å²) >= 11 is 0. The van der Waals surface area contributed by atoms with Gasteiger partial charge in [-0.15, -0.1) is 0 Å². The molecule has 5 heteroatoms. The van der Waals surface area contributed by atoms with Crippen molar-refractivity contribution in [1.82, 2.24) is 0 Å². The van der Waals surface area contributed by atoms with Crippen molar-refractivity contribution in [2.45, 2.75) is 43.7 Å². The van der Waals surface area contributed by atoms with Gasteiger partial charge in [-0.3, -0.25) is 0 Å². The number of nitrogens with two attached hydrogens (primary N) is 2. The minimum atomic E-state index is -1.20. The number of rotatable bonds is 7. The molecular formula is C19H26N2O3. The zero-order valence-electron chi connectivity index (χ0n) is 14.2. The summed E-state index contributed by atoms with van der Waals surface area (Å²) in [5.41, 5.74) is 10.5. The maximum absolute atomic E-state index is 11.9. The molecule has 1 aliphatic rings. The first-order valence-electron chi connectivity index (χ1n) is 8.15. The lowest BCUT2D eigenvalue weighted by Crippen LogP contribution is -2.53. The molecule has 1 aromatic rings. The van der Waals surface area contributed by atoms with Gasteiger partial charge in [0.2, 0.25) is 0 Å². The van der Waals surface area contributed by atoms with Crippen molar-refractivity contribution in [3.63, 3.8) is 0 Å². The second kappa shape index (κ2) is 7.20. The first-order valence-corrected chi connectivity index (χ1v) is 8.15. The van der Waals surface area contributed by atoms with Gasteiger partial charge in [0.1, 0.15) is 22.6 Å². The smallest absolute Gasteiger partial charge is 0.332 e. The molecule has 1 fully saturated rings. The molecule has 0 aromatic heterocycles. The molecule has 1 atom stereocenters. The van der Waals surface area contributed by atoms with E-state index in [0.717, 1.165) is 31.2 Å². The van der Waals surface area contributed by atoms with E-state index in [1.54, 1.807) is 24.3 Å². The monoisotopic (exact) mass is 330 g/mol. The fourth-order valence-electron chi connectivity index (χ4n) is 2.64. The fourth-order valence-corrected chi connectivity index (χ4v) is 2.64. The molecule has 5 nitrogen and oxygen atoms in total. The molecule has 1 aliphatic carbocycles.